The summed E-state index contributed by atoms with van der Waals surface area (Å²) in [6.07, 6.45) is 0. The van der Waals surface area contributed by atoms with Crippen LogP contribution in [0.15, 0.2) is 65.5 Å². The number of methoxy groups -OCH3 is 3. The third kappa shape index (κ3) is 4.71. The summed E-state index contributed by atoms with van der Waals surface area (Å²) in [4.78, 5) is 31.4. The molecule has 0 aliphatic heterocycles. The molecule has 1 N–H and O–H groups in total. The van der Waals surface area contributed by atoms with Crippen LogP contribution in [-0.2, 0) is 6.54 Å². The van der Waals surface area contributed by atoms with Crippen molar-refractivity contribution in [2.24, 2.45) is 0 Å². The van der Waals surface area contributed by atoms with Crippen LogP contribution in [-0.4, -0.2) is 32.2 Å². The molecule has 7 nitrogen and oxygen atoms in total. The maximum Gasteiger partial charge on any atom is 0.258 e. The standard InChI is InChI=1S/C28H28N2O5/c1-17-10-11-22-19(12-17)13-21(27(31)29-22)16-30(23-9-7-6-8-18(23)2)28(32)20-14-24(33-3)26(35-5)25(15-20)34-4/h6-15H,16H2,1-5H3,(H,29,31). The summed E-state index contributed by atoms with van der Waals surface area (Å²) in [7, 11) is 4.51. The smallest absolute Gasteiger partial charge is 0.258 e. The Labute approximate surface area is 203 Å². The number of hydrogen-bond acceptors (Lipinski definition) is 5. The van der Waals surface area contributed by atoms with Gasteiger partial charge in [-0.2, -0.15) is 0 Å². The number of ether oxygens (including phenoxy) is 3. The van der Waals surface area contributed by atoms with E-state index in [2.05, 4.69) is 4.98 Å². The molecule has 4 aromatic rings. The van der Waals surface area contributed by atoms with E-state index in [0.29, 0.717) is 34.1 Å². The Bertz CT molecular complexity index is 1430. The number of carbonyl (C=O) groups excluding carboxylic acids is 1. The number of benzene rings is 3. The zero-order valence-electron chi connectivity index (χ0n) is 20.5. The predicted octanol–water partition coefficient (Wildman–Crippen LogP) is 5.02. The van der Waals surface area contributed by atoms with Gasteiger partial charge in [0.25, 0.3) is 11.5 Å². The largest absolute Gasteiger partial charge is 0.493 e. The van der Waals surface area contributed by atoms with Crippen molar-refractivity contribution in [3.8, 4) is 17.2 Å². The highest BCUT2D eigenvalue weighted by Gasteiger charge is 2.24. The number of amides is 1. The van der Waals surface area contributed by atoms with E-state index in [4.69, 9.17) is 14.2 Å². The van der Waals surface area contributed by atoms with Crippen LogP contribution in [0.1, 0.15) is 27.0 Å². The fourth-order valence-corrected chi connectivity index (χ4v) is 4.15. The number of rotatable bonds is 7. The molecular formula is C28H28N2O5. The zero-order chi connectivity index (χ0) is 25.1. The Kier molecular flexibility index (Phi) is 6.78. The van der Waals surface area contributed by atoms with Gasteiger partial charge in [-0.15, -0.1) is 0 Å². The molecule has 35 heavy (non-hydrogen) atoms. The van der Waals surface area contributed by atoms with E-state index in [9.17, 15) is 9.59 Å². The number of H-pyrrole nitrogens is 1. The number of fused-ring (bicyclic) bond motifs is 1. The molecule has 0 saturated heterocycles. The molecule has 7 heteroatoms. The zero-order valence-corrected chi connectivity index (χ0v) is 20.5. The number of pyridine rings is 1. The van der Waals surface area contributed by atoms with Crippen LogP contribution in [0.25, 0.3) is 10.9 Å². The Morgan fingerprint density at radius 2 is 1.57 bits per heavy atom. The van der Waals surface area contributed by atoms with Gasteiger partial charge in [0.05, 0.1) is 27.9 Å². The van der Waals surface area contributed by atoms with Gasteiger partial charge in [-0.05, 0) is 61.2 Å². The number of aromatic amines is 1. The summed E-state index contributed by atoms with van der Waals surface area (Å²) in [5.74, 6) is 0.843. The molecule has 1 heterocycles. The Hall–Kier alpha value is -4.26. The molecule has 0 aliphatic carbocycles. The van der Waals surface area contributed by atoms with E-state index >= 15 is 0 Å². The van der Waals surface area contributed by atoms with Crippen LogP contribution < -0.4 is 24.7 Å². The summed E-state index contributed by atoms with van der Waals surface area (Å²) < 4.78 is 16.3. The van der Waals surface area contributed by atoms with Crippen LogP contribution in [0.3, 0.4) is 0 Å². The lowest BCUT2D eigenvalue weighted by molar-refractivity contribution is 0.0984. The van der Waals surface area contributed by atoms with Gasteiger partial charge in [0.15, 0.2) is 11.5 Å². The molecule has 0 unspecified atom stereocenters. The second-order valence-electron chi connectivity index (χ2n) is 8.31. The Morgan fingerprint density at radius 3 is 2.20 bits per heavy atom. The van der Waals surface area contributed by atoms with Crippen LogP contribution in [0, 0.1) is 13.8 Å². The molecule has 0 spiro atoms. The van der Waals surface area contributed by atoms with E-state index < -0.39 is 0 Å². The predicted molar refractivity (Wildman–Crippen MR) is 137 cm³/mol. The van der Waals surface area contributed by atoms with Crippen molar-refractivity contribution in [2.45, 2.75) is 20.4 Å². The van der Waals surface area contributed by atoms with E-state index in [1.54, 1.807) is 17.0 Å². The maximum atomic E-state index is 13.9. The van der Waals surface area contributed by atoms with Crippen LogP contribution in [0.4, 0.5) is 5.69 Å². The molecule has 0 atom stereocenters. The summed E-state index contributed by atoms with van der Waals surface area (Å²) in [6.45, 7) is 4.01. The number of nitrogens with one attached hydrogen (secondary N) is 1. The number of aromatic nitrogens is 1. The Morgan fingerprint density at radius 1 is 0.886 bits per heavy atom. The second kappa shape index (κ2) is 9.93. The molecule has 1 aromatic heterocycles. The topological polar surface area (TPSA) is 80.9 Å². The molecule has 0 radical (unpaired) electrons. The number of carbonyl (C=O) groups is 1. The highest BCUT2D eigenvalue weighted by Crippen LogP contribution is 2.39. The maximum absolute atomic E-state index is 13.9. The third-order valence-corrected chi connectivity index (χ3v) is 5.97. The van der Waals surface area contributed by atoms with Crippen LogP contribution >= 0.6 is 0 Å². The van der Waals surface area contributed by atoms with E-state index in [1.807, 2.05) is 62.4 Å². The van der Waals surface area contributed by atoms with Gasteiger partial charge in [0, 0.05) is 22.3 Å². The quantitative estimate of drug-likeness (QED) is 0.409. The summed E-state index contributed by atoms with van der Waals surface area (Å²) in [6, 6.07) is 18.5. The van der Waals surface area contributed by atoms with Gasteiger partial charge in [0.1, 0.15) is 0 Å². The molecule has 3 aromatic carbocycles. The molecule has 0 fully saturated rings. The van der Waals surface area contributed by atoms with Crippen molar-refractivity contribution >= 4 is 22.5 Å². The first-order chi connectivity index (χ1) is 16.9. The fraction of sp³-hybridized carbons (Fsp3) is 0.214. The highest BCUT2D eigenvalue weighted by molar-refractivity contribution is 6.07. The second-order valence-corrected chi connectivity index (χ2v) is 8.31. The minimum Gasteiger partial charge on any atom is -0.493 e. The van der Waals surface area contributed by atoms with Gasteiger partial charge in [-0.25, -0.2) is 0 Å². The summed E-state index contributed by atoms with van der Waals surface area (Å²) in [5.41, 5.74) is 4.03. The number of aryl methyl sites for hydroxylation is 2. The summed E-state index contributed by atoms with van der Waals surface area (Å²) in [5, 5.41) is 0.907. The van der Waals surface area contributed by atoms with Gasteiger partial charge in [-0.1, -0.05) is 29.8 Å². The first kappa shape index (κ1) is 23.9. The third-order valence-electron chi connectivity index (χ3n) is 5.97. The van der Waals surface area contributed by atoms with Crippen molar-refractivity contribution in [3.63, 3.8) is 0 Å². The van der Waals surface area contributed by atoms with Crippen molar-refractivity contribution in [1.82, 2.24) is 4.98 Å². The van der Waals surface area contributed by atoms with Gasteiger partial charge in [-0.3, -0.25) is 9.59 Å². The minimum absolute atomic E-state index is 0.0829. The van der Waals surface area contributed by atoms with Crippen molar-refractivity contribution < 1.29 is 19.0 Å². The average Bonchev–Trinajstić information content (AvgIpc) is 2.86. The molecule has 4 rings (SSSR count). The molecule has 0 saturated carbocycles. The van der Waals surface area contributed by atoms with Crippen LogP contribution in [0.5, 0.6) is 17.2 Å². The van der Waals surface area contributed by atoms with Crippen LogP contribution in [0.2, 0.25) is 0 Å². The molecule has 180 valence electrons. The molecule has 0 aliphatic rings. The number of nitrogens with zero attached hydrogens (tertiary/aromatic N) is 1. The van der Waals surface area contributed by atoms with Crippen molar-refractivity contribution in [1.29, 1.82) is 0 Å². The van der Waals surface area contributed by atoms with E-state index in [0.717, 1.165) is 22.0 Å². The minimum atomic E-state index is -0.303. The lowest BCUT2D eigenvalue weighted by Crippen LogP contribution is -2.33. The van der Waals surface area contributed by atoms with Gasteiger partial charge >= 0.3 is 0 Å². The van der Waals surface area contributed by atoms with Gasteiger partial charge in [0.2, 0.25) is 5.75 Å². The van der Waals surface area contributed by atoms with Gasteiger partial charge < -0.3 is 24.1 Å². The lowest BCUT2D eigenvalue weighted by Gasteiger charge is -2.25. The Balaban J connectivity index is 1.84. The summed E-state index contributed by atoms with van der Waals surface area (Å²) >= 11 is 0. The number of anilines is 1. The number of para-hydroxylation sites is 1. The van der Waals surface area contributed by atoms with E-state index in [-0.39, 0.29) is 18.0 Å². The fourth-order valence-electron chi connectivity index (χ4n) is 4.15. The molecule has 1 amide bonds. The first-order valence-electron chi connectivity index (χ1n) is 11.2. The monoisotopic (exact) mass is 472 g/mol. The molecule has 0 bridgehead atoms. The molecular weight excluding hydrogens is 444 g/mol. The lowest BCUT2D eigenvalue weighted by atomic mass is 10.1. The number of hydrogen-bond donors (Lipinski definition) is 1. The van der Waals surface area contributed by atoms with Crippen molar-refractivity contribution in [2.75, 3.05) is 26.2 Å². The highest BCUT2D eigenvalue weighted by atomic mass is 16.5. The first-order valence-corrected chi connectivity index (χ1v) is 11.2. The SMILES string of the molecule is COc1cc(C(=O)N(Cc2cc3cc(C)ccc3[nH]c2=O)c2ccccc2C)cc(OC)c1OC. The normalized spacial score (nSPS) is 10.8. The average molecular weight is 473 g/mol. The van der Waals surface area contributed by atoms with Crippen molar-refractivity contribution in [3.05, 3.63) is 93.3 Å². The van der Waals surface area contributed by atoms with E-state index in [1.165, 1.54) is 21.3 Å².